The Bertz CT molecular complexity index is 1010. The molecule has 0 saturated carbocycles. The maximum atomic E-state index is 10.3. The van der Waals surface area contributed by atoms with Crippen LogP contribution in [0, 0.1) is 6.92 Å². The Kier molecular flexibility index (Phi) is 3.05. The first-order chi connectivity index (χ1) is 11.2. The number of hydrogen-bond donors (Lipinski definition) is 1. The zero-order valence-corrected chi connectivity index (χ0v) is 12.4. The van der Waals surface area contributed by atoms with Crippen molar-refractivity contribution in [3.8, 4) is 28.7 Å². The lowest BCUT2D eigenvalue weighted by Crippen LogP contribution is -1.89. The topological polar surface area (TPSA) is 72.0 Å². The molecule has 5 nitrogen and oxygen atoms in total. The van der Waals surface area contributed by atoms with Crippen LogP contribution < -0.4 is 0 Å². The van der Waals surface area contributed by atoms with Crippen LogP contribution >= 0.6 is 0 Å². The molecule has 5 heteroatoms. The monoisotopic (exact) mass is 303 g/mol. The summed E-state index contributed by atoms with van der Waals surface area (Å²) in [5.41, 5.74) is 2.17. The molecule has 2 aromatic heterocycles. The largest absolute Gasteiger partial charge is 0.507 e. The minimum absolute atomic E-state index is 0.108. The quantitative estimate of drug-likeness (QED) is 0.606. The molecule has 0 amide bonds. The van der Waals surface area contributed by atoms with Gasteiger partial charge in [0, 0.05) is 6.20 Å². The van der Waals surface area contributed by atoms with E-state index in [4.69, 9.17) is 4.52 Å². The van der Waals surface area contributed by atoms with Gasteiger partial charge in [-0.1, -0.05) is 41.6 Å². The van der Waals surface area contributed by atoms with Crippen LogP contribution in [0.5, 0.6) is 5.75 Å². The number of aryl methyl sites for hydroxylation is 1. The highest BCUT2D eigenvalue weighted by Crippen LogP contribution is 2.36. The second-order valence-corrected chi connectivity index (χ2v) is 5.27. The lowest BCUT2D eigenvalue weighted by atomic mass is 10.0. The van der Waals surface area contributed by atoms with Gasteiger partial charge in [0.1, 0.15) is 11.4 Å². The zero-order valence-electron chi connectivity index (χ0n) is 12.4. The van der Waals surface area contributed by atoms with Crippen molar-refractivity contribution in [3.63, 3.8) is 0 Å². The molecule has 0 atom stereocenters. The summed E-state index contributed by atoms with van der Waals surface area (Å²) in [5.74, 6) is 0.793. The molecule has 0 aliphatic heterocycles. The predicted molar refractivity (Wildman–Crippen MR) is 86.9 cm³/mol. The number of phenols is 1. The van der Waals surface area contributed by atoms with Crippen molar-refractivity contribution >= 4 is 10.8 Å². The van der Waals surface area contributed by atoms with E-state index in [0.29, 0.717) is 17.1 Å². The third kappa shape index (κ3) is 2.23. The van der Waals surface area contributed by atoms with E-state index in [2.05, 4.69) is 15.1 Å². The van der Waals surface area contributed by atoms with E-state index in [-0.39, 0.29) is 11.6 Å². The standard InChI is InChI=1S/C18H13N3O2/c1-11-5-4-10-19-16(11)17-20-18(23-21-17)15-13-7-3-2-6-12(13)8-9-14(15)22/h2-10,22H,1H3. The van der Waals surface area contributed by atoms with Gasteiger partial charge in [-0.05, 0) is 35.4 Å². The van der Waals surface area contributed by atoms with Gasteiger partial charge in [0.15, 0.2) is 0 Å². The van der Waals surface area contributed by atoms with Crippen molar-refractivity contribution in [2.75, 3.05) is 0 Å². The molecule has 0 saturated heterocycles. The number of aromatic hydroxyl groups is 1. The smallest absolute Gasteiger partial charge is 0.262 e. The molecule has 0 bridgehead atoms. The Hall–Kier alpha value is -3.21. The van der Waals surface area contributed by atoms with Crippen molar-refractivity contribution in [3.05, 3.63) is 60.3 Å². The summed E-state index contributed by atoms with van der Waals surface area (Å²) in [6.45, 7) is 1.94. The van der Waals surface area contributed by atoms with Crippen molar-refractivity contribution in [1.29, 1.82) is 0 Å². The number of aromatic nitrogens is 3. The summed E-state index contributed by atoms with van der Waals surface area (Å²) < 4.78 is 5.39. The third-order valence-corrected chi connectivity index (χ3v) is 3.77. The van der Waals surface area contributed by atoms with Crippen molar-refractivity contribution < 1.29 is 9.63 Å². The van der Waals surface area contributed by atoms with Gasteiger partial charge >= 0.3 is 0 Å². The summed E-state index contributed by atoms with van der Waals surface area (Å²) in [6, 6.07) is 15.0. The molecule has 0 spiro atoms. The van der Waals surface area contributed by atoms with Crippen LogP contribution in [-0.2, 0) is 0 Å². The van der Waals surface area contributed by atoms with Crippen molar-refractivity contribution in [2.45, 2.75) is 6.92 Å². The van der Waals surface area contributed by atoms with Gasteiger partial charge in [0.25, 0.3) is 5.89 Å². The van der Waals surface area contributed by atoms with Crippen LogP contribution in [0.1, 0.15) is 5.56 Å². The minimum Gasteiger partial charge on any atom is -0.507 e. The summed E-state index contributed by atoms with van der Waals surface area (Å²) in [4.78, 5) is 8.72. The molecule has 2 aromatic carbocycles. The fraction of sp³-hybridized carbons (Fsp3) is 0.0556. The highest BCUT2D eigenvalue weighted by molar-refractivity contribution is 5.97. The van der Waals surface area contributed by atoms with E-state index in [0.717, 1.165) is 16.3 Å². The van der Waals surface area contributed by atoms with Gasteiger partial charge in [-0.3, -0.25) is 4.98 Å². The lowest BCUT2D eigenvalue weighted by molar-refractivity contribution is 0.426. The van der Waals surface area contributed by atoms with Gasteiger partial charge in [-0.25, -0.2) is 0 Å². The van der Waals surface area contributed by atoms with Crippen molar-refractivity contribution in [1.82, 2.24) is 15.1 Å². The maximum absolute atomic E-state index is 10.3. The number of rotatable bonds is 2. The van der Waals surface area contributed by atoms with Crippen LogP contribution in [0.4, 0.5) is 0 Å². The molecule has 0 radical (unpaired) electrons. The van der Waals surface area contributed by atoms with E-state index in [1.165, 1.54) is 0 Å². The highest BCUT2D eigenvalue weighted by Gasteiger charge is 2.18. The molecule has 0 unspecified atom stereocenters. The molecular weight excluding hydrogens is 290 g/mol. The fourth-order valence-corrected chi connectivity index (χ4v) is 2.63. The van der Waals surface area contributed by atoms with E-state index in [1.54, 1.807) is 12.3 Å². The molecule has 0 aliphatic carbocycles. The first kappa shape index (κ1) is 13.5. The van der Waals surface area contributed by atoms with Crippen LogP contribution in [0.2, 0.25) is 0 Å². The van der Waals surface area contributed by atoms with E-state index < -0.39 is 0 Å². The molecule has 112 valence electrons. The Morgan fingerprint density at radius 1 is 1.00 bits per heavy atom. The van der Waals surface area contributed by atoms with Gasteiger partial charge in [-0.2, -0.15) is 4.98 Å². The molecule has 0 fully saturated rings. The molecule has 0 aliphatic rings. The minimum atomic E-state index is 0.108. The Balaban J connectivity index is 1.90. The number of nitrogens with zero attached hydrogens (tertiary/aromatic N) is 3. The summed E-state index contributed by atoms with van der Waals surface area (Å²) in [6.07, 6.45) is 1.69. The summed E-state index contributed by atoms with van der Waals surface area (Å²) in [7, 11) is 0. The summed E-state index contributed by atoms with van der Waals surface area (Å²) in [5, 5.41) is 16.1. The Morgan fingerprint density at radius 2 is 1.87 bits per heavy atom. The van der Waals surface area contributed by atoms with E-state index in [1.807, 2.05) is 49.4 Å². The molecule has 4 aromatic rings. The average Bonchev–Trinajstić information content (AvgIpc) is 3.04. The van der Waals surface area contributed by atoms with Crippen LogP contribution in [0.15, 0.2) is 59.3 Å². The lowest BCUT2D eigenvalue weighted by Gasteiger charge is -2.04. The molecule has 23 heavy (non-hydrogen) atoms. The molecule has 4 rings (SSSR count). The maximum Gasteiger partial charge on any atom is 0.262 e. The van der Waals surface area contributed by atoms with Gasteiger partial charge in [0.2, 0.25) is 5.82 Å². The average molecular weight is 303 g/mol. The predicted octanol–water partition coefficient (Wildman–Crippen LogP) is 3.97. The van der Waals surface area contributed by atoms with Gasteiger partial charge in [-0.15, -0.1) is 0 Å². The van der Waals surface area contributed by atoms with E-state index >= 15 is 0 Å². The third-order valence-electron chi connectivity index (χ3n) is 3.77. The molecular formula is C18H13N3O2. The fourth-order valence-electron chi connectivity index (χ4n) is 2.63. The number of hydrogen-bond acceptors (Lipinski definition) is 5. The second-order valence-electron chi connectivity index (χ2n) is 5.27. The molecule has 2 heterocycles. The number of fused-ring (bicyclic) bond motifs is 1. The van der Waals surface area contributed by atoms with Crippen LogP contribution in [0.3, 0.4) is 0 Å². The highest BCUT2D eigenvalue weighted by atomic mass is 16.5. The number of benzene rings is 2. The number of pyridine rings is 1. The second kappa shape index (κ2) is 5.21. The van der Waals surface area contributed by atoms with Gasteiger partial charge in [0.05, 0.1) is 5.56 Å². The SMILES string of the molecule is Cc1cccnc1-c1noc(-c2c(O)ccc3ccccc23)n1. The first-order valence-corrected chi connectivity index (χ1v) is 7.21. The van der Waals surface area contributed by atoms with Crippen molar-refractivity contribution in [2.24, 2.45) is 0 Å². The van der Waals surface area contributed by atoms with Crippen LogP contribution in [0.25, 0.3) is 33.7 Å². The van der Waals surface area contributed by atoms with Crippen LogP contribution in [-0.4, -0.2) is 20.2 Å². The Morgan fingerprint density at radius 3 is 2.74 bits per heavy atom. The number of phenolic OH excluding ortho intramolecular Hbond substituents is 1. The van der Waals surface area contributed by atoms with Gasteiger partial charge < -0.3 is 9.63 Å². The molecule has 1 N–H and O–H groups in total. The zero-order chi connectivity index (χ0) is 15.8. The van der Waals surface area contributed by atoms with E-state index in [9.17, 15) is 5.11 Å². The Labute approximate surface area is 132 Å². The first-order valence-electron chi connectivity index (χ1n) is 7.21. The summed E-state index contributed by atoms with van der Waals surface area (Å²) >= 11 is 0. The normalized spacial score (nSPS) is 11.0.